The Labute approximate surface area is 146 Å². The van der Waals surface area contributed by atoms with Crippen LogP contribution in [-0.4, -0.2) is 29.5 Å². The minimum atomic E-state index is 0.652. The third-order valence-electron chi connectivity index (χ3n) is 3.58. The van der Waals surface area contributed by atoms with E-state index in [1.54, 1.807) is 23.3 Å². The molecule has 3 heterocycles. The molecule has 118 valence electrons. The van der Waals surface area contributed by atoms with Crippen molar-refractivity contribution in [3.63, 3.8) is 0 Å². The maximum atomic E-state index is 4.72. The average Bonchev–Trinajstić information content (AvgIpc) is 3.23. The molecule has 4 rings (SSSR count). The highest BCUT2D eigenvalue weighted by atomic mass is 79.9. The number of aryl methyl sites for hydroxylation is 1. The molecule has 0 N–H and O–H groups in total. The van der Waals surface area contributed by atoms with Crippen LogP contribution in [0.15, 0.2) is 65.7 Å². The molecule has 24 heavy (non-hydrogen) atoms. The molecule has 3 aromatic heterocycles. The van der Waals surface area contributed by atoms with E-state index >= 15 is 0 Å². The second kappa shape index (κ2) is 6.01. The van der Waals surface area contributed by atoms with E-state index in [1.165, 1.54) is 0 Å². The molecule has 1 aromatic carbocycles. The van der Waals surface area contributed by atoms with E-state index in [-0.39, 0.29) is 0 Å². The van der Waals surface area contributed by atoms with Crippen LogP contribution in [0.2, 0.25) is 0 Å². The smallest absolute Gasteiger partial charge is 0.182 e. The Morgan fingerprint density at radius 1 is 0.958 bits per heavy atom. The van der Waals surface area contributed by atoms with Crippen molar-refractivity contribution in [2.75, 3.05) is 0 Å². The Bertz CT molecular complexity index is 972. The summed E-state index contributed by atoms with van der Waals surface area (Å²) in [6.07, 6.45) is 7.18. The summed E-state index contributed by atoms with van der Waals surface area (Å²) in [6, 6.07) is 11.7. The van der Waals surface area contributed by atoms with E-state index in [1.807, 2.05) is 54.3 Å². The standard InChI is InChI=1S/C17H13BrN6/c1-23-11-13(10-20-23)17-21-16(12-6-8-19-9-7-12)22-24(17)15-4-2-14(18)3-5-15/h2-11H,1H3. The maximum Gasteiger partial charge on any atom is 0.182 e. The molecule has 0 bridgehead atoms. The van der Waals surface area contributed by atoms with Gasteiger partial charge in [0.05, 0.1) is 17.4 Å². The van der Waals surface area contributed by atoms with Crippen molar-refractivity contribution in [2.45, 2.75) is 0 Å². The summed E-state index contributed by atoms with van der Waals surface area (Å²) in [5, 5.41) is 8.93. The van der Waals surface area contributed by atoms with Gasteiger partial charge in [0, 0.05) is 35.7 Å². The lowest BCUT2D eigenvalue weighted by atomic mass is 10.2. The molecule has 0 radical (unpaired) electrons. The summed E-state index contributed by atoms with van der Waals surface area (Å²) in [5.41, 5.74) is 2.77. The minimum absolute atomic E-state index is 0.652. The zero-order valence-corrected chi connectivity index (χ0v) is 14.4. The number of pyridine rings is 1. The lowest BCUT2D eigenvalue weighted by Gasteiger charge is -2.04. The van der Waals surface area contributed by atoms with Crippen LogP contribution in [-0.2, 0) is 7.05 Å². The first-order chi connectivity index (χ1) is 11.7. The lowest BCUT2D eigenvalue weighted by Crippen LogP contribution is -1.99. The Morgan fingerprint density at radius 3 is 2.38 bits per heavy atom. The van der Waals surface area contributed by atoms with Gasteiger partial charge in [0.15, 0.2) is 11.6 Å². The Morgan fingerprint density at radius 2 is 1.71 bits per heavy atom. The van der Waals surface area contributed by atoms with E-state index < -0.39 is 0 Å². The fourth-order valence-corrected chi connectivity index (χ4v) is 2.69. The quantitative estimate of drug-likeness (QED) is 0.545. The monoisotopic (exact) mass is 380 g/mol. The van der Waals surface area contributed by atoms with Crippen LogP contribution in [0.3, 0.4) is 0 Å². The van der Waals surface area contributed by atoms with Crippen molar-refractivity contribution in [1.29, 1.82) is 0 Å². The molecular weight excluding hydrogens is 368 g/mol. The summed E-state index contributed by atoms with van der Waals surface area (Å²) >= 11 is 3.46. The summed E-state index contributed by atoms with van der Waals surface area (Å²) in [7, 11) is 1.88. The van der Waals surface area contributed by atoms with E-state index in [9.17, 15) is 0 Å². The lowest BCUT2D eigenvalue weighted by molar-refractivity contribution is 0.767. The summed E-state index contributed by atoms with van der Waals surface area (Å²) in [4.78, 5) is 8.77. The summed E-state index contributed by atoms with van der Waals surface area (Å²) in [5.74, 6) is 1.40. The summed E-state index contributed by atoms with van der Waals surface area (Å²) < 4.78 is 4.60. The van der Waals surface area contributed by atoms with Crippen molar-refractivity contribution >= 4 is 15.9 Å². The second-order valence-electron chi connectivity index (χ2n) is 5.29. The highest BCUT2D eigenvalue weighted by Crippen LogP contribution is 2.25. The van der Waals surface area contributed by atoms with Gasteiger partial charge in [-0.25, -0.2) is 9.67 Å². The predicted octanol–water partition coefficient (Wildman–Crippen LogP) is 3.49. The molecule has 7 heteroatoms. The van der Waals surface area contributed by atoms with Gasteiger partial charge in [0.25, 0.3) is 0 Å². The zero-order valence-electron chi connectivity index (χ0n) is 12.8. The van der Waals surface area contributed by atoms with E-state index in [4.69, 9.17) is 10.1 Å². The highest BCUT2D eigenvalue weighted by molar-refractivity contribution is 9.10. The van der Waals surface area contributed by atoms with Gasteiger partial charge < -0.3 is 0 Å². The van der Waals surface area contributed by atoms with E-state index in [0.29, 0.717) is 5.82 Å². The van der Waals surface area contributed by atoms with Crippen molar-refractivity contribution in [1.82, 2.24) is 29.5 Å². The molecule has 0 amide bonds. The van der Waals surface area contributed by atoms with Gasteiger partial charge in [-0.05, 0) is 36.4 Å². The predicted molar refractivity (Wildman–Crippen MR) is 94.5 cm³/mol. The molecule has 0 saturated heterocycles. The van der Waals surface area contributed by atoms with Crippen molar-refractivity contribution < 1.29 is 0 Å². The highest BCUT2D eigenvalue weighted by Gasteiger charge is 2.16. The zero-order chi connectivity index (χ0) is 16.5. The van der Waals surface area contributed by atoms with Gasteiger partial charge in [-0.3, -0.25) is 9.67 Å². The number of nitrogens with zero attached hydrogens (tertiary/aromatic N) is 6. The van der Waals surface area contributed by atoms with Crippen LogP contribution < -0.4 is 0 Å². The van der Waals surface area contributed by atoms with E-state index in [0.717, 1.165) is 27.1 Å². The molecule has 4 aromatic rings. The first-order valence-corrected chi connectivity index (χ1v) is 8.12. The van der Waals surface area contributed by atoms with Crippen LogP contribution in [0.4, 0.5) is 0 Å². The largest absolute Gasteiger partial charge is 0.275 e. The third-order valence-corrected chi connectivity index (χ3v) is 4.11. The molecule has 0 aliphatic rings. The number of hydrogen-bond acceptors (Lipinski definition) is 4. The molecular formula is C17H13BrN6. The van der Waals surface area contributed by atoms with Crippen LogP contribution in [0.5, 0.6) is 0 Å². The van der Waals surface area contributed by atoms with E-state index in [2.05, 4.69) is 26.0 Å². The molecule has 0 spiro atoms. The first kappa shape index (κ1) is 14.8. The van der Waals surface area contributed by atoms with Gasteiger partial charge >= 0.3 is 0 Å². The van der Waals surface area contributed by atoms with Gasteiger partial charge in [0.1, 0.15) is 0 Å². The van der Waals surface area contributed by atoms with Gasteiger partial charge in [-0.1, -0.05) is 15.9 Å². The topological polar surface area (TPSA) is 61.4 Å². The SMILES string of the molecule is Cn1cc(-c2nc(-c3ccncc3)nn2-c2ccc(Br)cc2)cn1. The van der Waals surface area contributed by atoms with Crippen LogP contribution >= 0.6 is 15.9 Å². The van der Waals surface area contributed by atoms with Crippen molar-refractivity contribution in [3.8, 4) is 28.5 Å². The Kier molecular flexibility index (Phi) is 3.70. The van der Waals surface area contributed by atoms with Crippen molar-refractivity contribution in [3.05, 3.63) is 65.7 Å². The van der Waals surface area contributed by atoms with Gasteiger partial charge in [-0.2, -0.15) is 5.10 Å². The fourth-order valence-electron chi connectivity index (χ4n) is 2.42. The van der Waals surface area contributed by atoms with Crippen LogP contribution in [0, 0.1) is 0 Å². The number of rotatable bonds is 3. The minimum Gasteiger partial charge on any atom is -0.275 e. The molecule has 0 saturated carbocycles. The molecule has 6 nitrogen and oxygen atoms in total. The second-order valence-corrected chi connectivity index (χ2v) is 6.20. The molecule has 0 unspecified atom stereocenters. The number of halogens is 1. The van der Waals surface area contributed by atoms with Gasteiger partial charge in [-0.15, -0.1) is 5.10 Å². The summed E-state index contributed by atoms with van der Waals surface area (Å²) in [6.45, 7) is 0. The molecule has 0 fully saturated rings. The molecule has 0 aliphatic carbocycles. The Balaban J connectivity index is 1.90. The maximum absolute atomic E-state index is 4.72. The van der Waals surface area contributed by atoms with Crippen molar-refractivity contribution in [2.24, 2.45) is 7.05 Å². The van der Waals surface area contributed by atoms with Gasteiger partial charge in [0.2, 0.25) is 0 Å². The molecule has 0 atom stereocenters. The number of benzene rings is 1. The fraction of sp³-hybridized carbons (Fsp3) is 0.0588. The first-order valence-electron chi connectivity index (χ1n) is 7.33. The normalized spacial score (nSPS) is 10.9. The average molecular weight is 381 g/mol. The third kappa shape index (κ3) is 2.74. The molecule has 0 aliphatic heterocycles. The Hall–Kier alpha value is -2.80. The number of hydrogen-bond donors (Lipinski definition) is 0. The van der Waals surface area contributed by atoms with Crippen LogP contribution in [0.1, 0.15) is 0 Å². The number of aromatic nitrogens is 6. The van der Waals surface area contributed by atoms with Crippen LogP contribution in [0.25, 0.3) is 28.5 Å².